The van der Waals surface area contributed by atoms with E-state index in [1.807, 2.05) is 25.1 Å². The highest BCUT2D eigenvalue weighted by Gasteiger charge is 2.14. The van der Waals surface area contributed by atoms with Crippen LogP contribution in [-0.2, 0) is 9.53 Å². The highest BCUT2D eigenvalue weighted by Crippen LogP contribution is 2.08. The predicted molar refractivity (Wildman–Crippen MR) is 65.3 cm³/mol. The fourth-order valence-electron chi connectivity index (χ4n) is 1.48. The van der Waals surface area contributed by atoms with Gasteiger partial charge >= 0.3 is 0 Å². The van der Waals surface area contributed by atoms with Crippen LogP contribution >= 0.6 is 0 Å². The first kappa shape index (κ1) is 13.6. The second-order valence-corrected chi connectivity index (χ2v) is 3.84. The third-order valence-electron chi connectivity index (χ3n) is 2.52. The Morgan fingerprint density at radius 1 is 1.59 bits per heavy atom. The number of aromatic nitrogens is 1. The van der Waals surface area contributed by atoms with E-state index in [1.54, 1.807) is 13.3 Å². The van der Waals surface area contributed by atoms with Gasteiger partial charge in [-0.25, -0.2) is 0 Å². The normalized spacial score (nSPS) is 14.1. The SMILES string of the molecule is COC(CN)CC(=O)N[C@@H](C)c1ccccn1. The van der Waals surface area contributed by atoms with Gasteiger partial charge in [0.15, 0.2) is 0 Å². The van der Waals surface area contributed by atoms with Gasteiger partial charge in [-0.05, 0) is 19.1 Å². The molecule has 1 aromatic heterocycles. The number of nitrogens with one attached hydrogen (secondary N) is 1. The molecule has 0 aliphatic rings. The number of nitrogens with zero attached hydrogens (tertiary/aromatic N) is 1. The molecule has 1 amide bonds. The largest absolute Gasteiger partial charge is 0.380 e. The summed E-state index contributed by atoms with van der Waals surface area (Å²) in [7, 11) is 1.55. The highest BCUT2D eigenvalue weighted by atomic mass is 16.5. The maximum absolute atomic E-state index is 11.7. The van der Waals surface area contributed by atoms with Crippen molar-refractivity contribution in [2.24, 2.45) is 5.73 Å². The Labute approximate surface area is 101 Å². The highest BCUT2D eigenvalue weighted by molar-refractivity contribution is 5.76. The van der Waals surface area contributed by atoms with Crippen LogP contribution in [-0.4, -0.2) is 30.6 Å². The summed E-state index contributed by atoms with van der Waals surface area (Å²) in [5.41, 5.74) is 6.29. The molecule has 0 bridgehead atoms. The number of hydrogen-bond acceptors (Lipinski definition) is 4. The van der Waals surface area contributed by atoms with E-state index in [0.29, 0.717) is 6.54 Å². The molecule has 0 aromatic carbocycles. The van der Waals surface area contributed by atoms with Gasteiger partial charge in [-0.15, -0.1) is 0 Å². The molecule has 5 heteroatoms. The van der Waals surface area contributed by atoms with Crippen LogP contribution in [0.1, 0.15) is 25.1 Å². The van der Waals surface area contributed by atoms with Crippen molar-refractivity contribution < 1.29 is 9.53 Å². The molecular weight excluding hydrogens is 218 g/mol. The lowest BCUT2D eigenvalue weighted by molar-refractivity contribution is -0.124. The van der Waals surface area contributed by atoms with Gasteiger partial charge in [0.2, 0.25) is 5.91 Å². The Bertz CT molecular complexity index is 339. The van der Waals surface area contributed by atoms with Gasteiger partial charge in [-0.3, -0.25) is 9.78 Å². The van der Waals surface area contributed by atoms with Crippen LogP contribution in [0.3, 0.4) is 0 Å². The standard InChI is InChI=1S/C12H19N3O2/c1-9(11-5-3-4-6-14-11)15-12(16)7-10(8-13)17-2/h3-6,9-10H,7-8,13H2,1-2H3,(H,15,16)/t9-,10?/m0/s1. The maximum atomic E-state index is 11.7. The molecule has 0 saturated carbocycles. The first-order valence-corrected chi connectivity index (χ1v) is 5.60. The van der Waals surface area contributed by atoms with Gasteiger partial charge in [0.05, 0.1) is 24.3 Å². The van der Waals surface area contributed by atoms with E-state index in [1.165, 1.54) is 0 Å². The molecule has 0 spiro atoms. The smallest absolute Gasteiger partial charge is 0.223 e. The van der Waals surface area contributed by atoms with Crippen LogP contribution in [0, 0.1) is 0 Å². The van der Waals surface area contributed by atoms with Crippen molar-refractivity contribution in [3.8, 4) is 0 Å². The number of methoxy groups -OCH3 is 1. The lowest BCUT2D eigenvalue weighted by Gasteiger charge is -2.16. The molecule has 0 aliphatic carbocycles. The van der Waals surface area contributed by atoms with Gasteiger partial charge in [0.1, 0.15) is 0 Å². The number of carbonyl (C=O) groups is 1. The summed E-state index contributed by atoms with van der Waals surface area (Å²) >= 11 is 0. The van der Waals surface area contributed by atoms with Crippen molar-refractivity contribution in [3.05, 3.63) is 30.1 Å². The molecular formula is C12H19N3O2. The lowest BCUT2D eigenvalue weighted by Crippen LogP contribution is -2.33. The van der Waals surface area contributed by atoms with Crippen molar-refractivity contribution in [2.75, 3.05) is 13.7 Å². The molecule has 17 heavy (non-hydrogen) atoms. The third kappa shape index (κ3) is 4.50. The van der Waals surface area contributed by atoms with E-state index >= 15 is 0 Å². The van der Waals surface area contributed by atoms with E-state index in [4.69, 9.17) is 10.5 Å². The van der Waals surface area contributed by atoms with Crippen molar-refractivity contribution in [1.82, 2.24) is 10.3 Å². The summed E-state index contributed by atoms with van der Waals surface area (Å²) in [6.07, 6.45) is 1.74. The van der Waals surface area contributed by atoms with E-state index in [2.05, 4.69) is 10.3 Å². The fourth-order valence-corrected chi connectivity index (χ4v) is 1.48. The molecule has 94 valence electrons. The zero-order valence-corrected chi connectivity index (χ0v) is 10.2. The number of hydrogen-bond donors (Lipinski definition) is 2. The molecule has 0 radical (unpaired) electrons. The first-order chi connectivity index (χ1) is 8.17. The van der Waals surface area contributed by atoms with Crippen LogP contribution in [0.2, 0.25) is 0 Å². The van der Waals surface area contributed by atoms with Crippen molar-refractivity contribution in [2.45, 2.75) is 25.5 Å². The maximum Gasteiger partial charge on any atom is 0.223 e. The molecule has 0 saturated heterocycles. The van der Waals surface area contributed by atoms with Crippen LogP contribution < -0.4 is 11.1 Å². The minimum absolute atomic E-state index is 0.0829. The average molecular weight is 237 g/mol. The van der Waals surface area contributed by atoms with Crippen LogP contribution in [0.25, 0.3) is 0 Å². The number of ether oxygens (including phenoxy) is 1. The van der Waals surface area contributed by atoms with Crippen LogP contribution in [0.4, 0.5) is 0 Å². The van der Waals surface area contributed by atoms with Crippen molar-refractivity contribution in [3.63, 3.8) is 0 Å². The second-order valence-electron chi connectivity index (χ2n) is 3.84. The Morgan fingerprint density at radius 3 is 2.88 bits per heavy atom. The van der Waals surface area contributed by atoms with Gasteiger partial charge in [0.25, 0.3) is 0 Å². The van der Waals surface area contributed by atoms with Crippen LogP contribution in [0.15, 0.2) is 24.4 Å². The number of rotatable bonds is 6. The molecule has 1 heterocycles. The summed E-state index contributed by atoms with van der Waals surface area (Å²) in [5, 5.41) is 2.86. The quantitative estimate of drug-likeness (QED) is 0.760. The molecule has 0 aliphatic heterocycles. The van der Waals surface area contributed by atoms with Crippen LogP contribution in [0.5, 0.6) is 0 Å². The van der Waals surface area contributed by atoms with E-state index < -0.39 is 0 Å². The van der Waals surface area contributed by atoms with Gasteiger partial charge < -0.3 is 15.8 Å². The van der Waals surface area contributed by atoms with E-state index in [9.17, 15) is 4.79 Å². The topological polar surface area (TPSA) is 77.2 Å². The number of pyridine rings is 1. The third-order valence-corrected chi connectivity index (χ3v) is 2.52. The fraction of sp³-hybridized carbons (Fsp3) is 0.500. The predicted octanol–water partition coefficient (Wildman–Crippen LogP) is 0.623. The molecule has 2 atom stereocenters. The summed E-state index contributed by atoms with van der Waals surface area (Å²) < 4.78 is 5.06. The van der Waals surface area contributed by atoms with Crippen molar-refractivity contribution >= 4 is 5.91 Å². The van der Waals surface area contributed by atoms with E-state index in [0.717, 1.165) is 5.69 Å². The van der Waals surface area contributed by atoms with E-state index in [-0.39, 0.29) is 24.5 Å². The van der Waals surface area contributed by atoms with Gasteiger partial charge in [-0.1, -0.05) is 6.07 Å². The monoisotopic (exact) mass is 237 g/mol. The summed E-state index contributed by atoms with van der Waals surface area (Å²) in [5.74, 6) is -0.0829. The lowest BCUT2D eigenvalue weighted by atomic mass is 10.2. The number of carbonyl (C=O) groups excluding carboxylic acids is 1. The second kappa shape index (κ2) is 6.98. The van der Waals surface area contributed by atoms with Gasteiger partial charge in [0, 0.05) is 19.9 Å². The zero-order chi connectivity index (χ0) is 12.7. The molecule has 1 aromatic rings. The minimum Gasteiger partial charge on any atom is -0.380 e. The Hall–Kier alpha value is -1.46. The summed E-state index contributed by atoms with van der Waals surface area (Å²) in [6.45, 7) is 2.23. The molecule has 5 nitrogen and oxygen atoms in total. The average Bonchev–Trinajstić information content (AvgIpc) is 2.37. The molecule has 3 N–H and O–H groups in total. The number of amides is 1. The summed E-state index contributed by atoms with van der Waals surface area (Å²) in [4.78, 5) is 15.9. The first-order valence-electron chi connectivity index (χ1n) is 5.60. The minimum atomic E-state index is -0.231. The van der Waals surface area contributed by atoms with Crippen molar-refractivity contribution in [1.29, 1.82) is 0 Å². The van der Waals surface area contributed by atoms with Gasteiger partial charge in [-0.2, -0.15) is 0 Å². The number of nitrogens with two attached hydrogens (primary N) is 1. The molecule has 1 rings (SSSR count). The zero-order valence-electron chi connectivity index (χ0n) is 10.2. The Kier molecular flexibility index (Phi) is 5.59. The Balaban J connectivity index is 2.46. The molecule has 1 unspecified atom stereocenters. The Morgan fingerprint density at radius 2 is 2.35 bits per heavy atom. The molecule has 0 fully saturated rings. The summed E-state index contributed by atoms with van der Waals surface area (Å²) in [6, 6.07) is 5.50.